The van der Waals surface area contributed by atoms with Crippen LogP contribution in [0.2, 0.25) is 0 Å². The molecule has 2 rings (SSSR count). The normalized spacial score (nSPS) is 11.1. The summed E-state index contributed by atoms with van der Waals surface area (Å²) in [5, 5.41) is 16.5. The molecule has 0 radical (unpaired) electrons. The first-order valence-corrected chi connectivity index (χ1v) is 10.5. The fourth-order valence-electron chi connectivity index (χ4n) is 3.07. The summed E-state index contributed by atoms with van der Waals surface area (Å²) in [6.45, 7) is 0.483. The Morgan fingerprint density at radius 3 is 2.41 bits per heavy atom. The number of rotatable bonds is 12. The maximum atomic E-state index is 12.1. The number of hydrogen-bond donors (Lipinski definition) is 2. The van der Waals surface area contributed by atoms with Crippen LogP contribution in [0.3, 0.4) is 0 Å². The maximum Gasteiger partial charge on any atom is 0.408 e. The number of esters is 2. The number of non-ortho nitro benzene ring substituents is 1. The van der Waals surface area contributed by atoms with Crippen molar-refractivity contribution in [3.63, 3.8) is 0 Å². The first kappa shape index (κ1) is 26.1. The number of anilines is 1. The van der Waals surface area contributed by atoms with Gasteiger partial charge in [0.1, 0.15) is 12.6 Å². The zero-order valence-electron chi connectivity index (χ0n) is 18.9. The number of methoxy groups -OCH3 is 2. The zero-order chi connectivity index (χ0) is 24.9. The second-order valence-corrected chi connectivity index (χ2v) is 7.18. The van der Waals surface area contributed by atoms with Crippen LogP contribution in [0, 0.1) is 10.1 Å². The highest BCUT2D eigenvalue weighted by atomic mass is 16.6. The van der Waals surface area contributed by atoms with Gasteiger partial charge in [-0.3, -0.25) is 10.1 Å². The quantitative estimate of drug-likeness (QED) is 0.156. The van der Waals surface area contributed by atoms with Crippen molar-refractivity contribution in [3.05, 3.63) is 69.8 Å². The van der Waals surface area contributed by atoms with E-state index in [0.717, 1.165) is 11.6 Å². The van der Waals surface area contributed by atoms with Gasteiger partial charge in [-0.05, 0) is 30.9 Å². The minimum atomic E-state index is -0.877. The van der Waals surface area contributed by atoms with E-state index in [-0.39, 0.29) is 17.9 Å². The smallest absolute Gasteiger partial charge is 0.408 e. The minimum Gasteiger partial charge on any atom is -0.467 e. The SMILES string of the molecule is COC(=O)c1cc([N+](=O)[O-])ccc1NCCCC[C@H](NC(=O)OCc1ccccc1)C(=O)OC. The fraction of sp³-hybridized carbons (Fsp3) is 0.348. The highest BCUT2D eigenvalue weighted by Gasteiger charge is 2.22. The van der Waals surface area contributed by atoms with Crippen LogP contribution in [0.1, 0.15) is 35.2 Å². The Bertz CT molecular complexity index is 997. The van der Waals surface area contributed by atoms with Crippen LogP contribution in [-0.2, 0) is 25.6 Å². The summed E-state index contributed by atoms with van der Waals surface area (Å²) in [7, 11) is 2.42. The molecule has 182 valence electrons. The Labute approximate surface area is 196 Å². The van der Waals surface area contributed by atoms with E-state index < -0.39 is 29.0 Å². The van der Waals surface area contributed by atoms with Crippen LogP contribution in [0.5, 0.6) is 0 Å². The summed E-state index contributed by atoms with van der Waals surface area (Å²) >= 11 is 0. The van der Waals surface area contributed by atoms with Gasteiger partial charge in [0.2, 0.25) is 0 Å². The number of carbonyl (C=O) groups excluding carboxylic acids is 3. The van der Waals surface area contributed by atoms with Crippen molar-refractivity contribution in [1.29, 1.82) is 0 Å². The van der Waals surface area contributed by atoms with Gasteiger partial charge in [-0.25, -0.2) is 14.4 Å². The molecular formula is C23H27N3O8. The minimum absolute atomic E-state index is 0.0481. The van der Waals surface area contributed by atoms with Gasteiger partial charge in [-0.1, -0.05) is 30.3 Å². The molecule has 2 aromatic rings. The van der Waals surface area contributed by atoms with Crippen molar-refractivity contribution < 1.29 is 33.5 Å². The largest absolute Gasteiger partial charge is 0.467 e. The van der Waals surface area contributed by atoms with Gasteiger partial charge in [-0.15, -0.1) is 0 Å². The third kappa shape index (κ3) is 8.08. The molecule has 11 heteroatoms. The van der Waals surface area contributed by atoms with Gasteiger partial charge in [-0.2, -0.15) is 0 Å². The molecule has 0 saturated carbocycles. The van der Waals surface area contributed by atoms with Crippen molar-refractivity contribution in [1.82, 2.24) is 5.32 Å². The average molecular weight is 473 g/mol. The van der Waals surface area contributed by atoms with Crippen LogP contribution in [-0.4, -0.2) is 49.8 Å². The van der Waals surface area contributed by atoms with Gasteiger partial charge in [0, 0.05) is 24.4 Å². The van der Waals surface area contributed by atoms with Gasteiger partial charge in [0.15, 0.2) is 0 Å². The molecule has 1 amide bonds. The molecule has 0 aliphatic rings. The zero-order valence-corrected chi connectivity index (χ0v) is 18.9. The summed E-state index contributed by atoms with van der Waals surface area (Å²) in [6.07, 6.45) is 0.683. The summed E-state index contributed by atoms with van der Waals surface area (Å²) in [4.78, 5) is 46.4. The Morgan fingerprint density at radius 2 is 1.76 bits per heavy atom. The number of ether oxygens (including phenoxy) is 3. The summed E-state index contributed by atoms with van der Waals surface area (Å²) in [5.74, 6) is -1.29. The van der Waals surface area contributed by atoms with E-state index in [0.29, 0.717) is 31.5 Å². The Morgan fingerprint density at radius 1 is 1.03 bits per heavy atom. The monoisotopic (exact) mass is 473 g/mol. The number of amides is 1. The van der Waals surface area contributed by atoms with Crippen molar-refractivity contribution in [2.75, 3.05) is 26.1 Å². The Hall–Kier alpha value is -4.15. The van der Waals surface area contributed by atoms with Crippen LogP contribution in [0.25, 0.3) is 0 Å². The van der Waals surface area contributed by atoms with Crippen molar-refractivity contribution >= 4 is 29.4 Å². The van der Waals surface area contributed by atoms with Gasteiger partial charge < -0.3 is 24.8 Å². The lowest BCUT2D eigenvalue weighted by atomic mass is 10.1. The average Bonchev–Trinajstić information content (AvgIpc) is 2.86. The molecule has 2 aromatic carbocycles. The first-order valence-electron chi connectivity index (χ1n) is 10.5. The van der Waals surface area contributed by atoms with Crippen molar-refractivity contribution in [2.45, 2.75) is 31.9 Å². The summed E-state index contributed by atoms with van der Waals surface area (Å²) in [5.41, 5.74) is 1.03. The van der Waals surface area contributed by atoms with Crippen molar-refractivity contribution in [3.8, 4) is 0 Å². The van der Waals surface area contributed by atoms with E-state index in [4.69, 9.17) is 9.47 Å². The number of hydrogen-bond acceptors (Lipinski definition) is 9. The number of nitro groups is 1. The van der Waals surface area contributed by atoms with E-state index in [1.54, 1.807) is 0 Å². The molecule has 0 aromatic heterocycles. The highest BCUT2D eigenvalue weighted by Crippen LogP contribution is 2.23. The highest BCUT2D eigenvalue weighted by molar-refractivity contribution is 5.96. The molecule has 0 fully saturated rings. The Balaban J connectivity index is 1.84. The molecule has 0 bridgehead atoms. The van der Waals surface area contributed by atoms with Crippen molar-refractivity contribution in [2.24, 2.45) is 0 Å². The number of nitrogens with zero attached hydrogens (tertiary/aromatic N) is 1. The number of alkyl carbamates (subject to hydrolysis) is 1. The molecule has 0 aliphatic heterocycles. The summed E-state index contributed by atoms with van der Waals surface area (Å²) < 4.78 is 14.6. The van der Waals surface area contributed by atoms with Gasteiger partial charge >= 0.3 is 18.0 Å². The number of unbranched alkanes of at least 4 members (excludes halogenated alkanes) is 1. The van der Waals surface area contributed by atoms with Crippen LogP contribution in [0.15, 0.2) is 48.5 Å². The molecule has 0 heterocycles. The standard InChI is InChI=1S/C23H27N3O8/c1-32-21(27)18-14-17(26(30)31)11-12-19(18)24-13-7-6-10-20(22(28)33-2)25-23(29)34-15-16-8-4-3-5-9-16/h3-5,8-9,11-12,14,20,24H,6-7,10,13,15H2,1-2H3,(H,25,29)/t20-/m0/s1. The predicted molar refractivity (Wildman–Crippen MR) is 122 cm³/mol. The molecule has 0 unspecified atom stereocenters. The molecule has 11 nitrogen and oxygen atoms in total. The van der Waals surface area contributed by atoms with Crippen LogP contribution < -0.4 is 10.6 Å². The topological polar surface area (TPSA) is 146 Å². The lowest BCUT2D eigenvalue weighted by Crippen LogP contribution is -2.41. The molecular weight excluding hydrogens is 446 g/mol. The lowest BCUT2D eigenvalue weighted by Gasteiger charge is -2.17. The van der Waals surface area contributed by atoms with E-state index in [1.165, 1.54) is 26.4 Å². The van der Waals surface area contributed by atoms with E-state index in [9.17, 15) is 24.5 Å². The third-order valence-electron chi connectivity index (χ3n) is 4.84. The predicted octanol–water partition coefficient (Wildman–Crippen LogP) is 3.43. The number of nitro benzene ring substituents is 1. The second-order valence-electron chi connectivity index (χ2n) is 7.18. The lowest BCUT2D eigenvalue weighted by molar-refractivity contribution is -0.384. The molecule has 0 aliphatic carbocycles. The molecule has 34 heavy (non-hydrogen) atoms. The molecule has 0 saturated heterocycles. The third-order valence-corrected chi connectivity index (χ3v) is 4.84. The van der Waals surface area contributed by atoms with E-state index >= 15 is 0 Å². The second kappa shape index (κ2) is 13.4. The molecule has 2 N–H and O–H groups in total. The summed E-state index contributed by atoms with van der Waals surface area (Å²) in [6, 6.07) is 12.1. The van der Waals surface area contributed by atoms with E-state index in [1.807, 2.05) is 30.3 Å². The first-order chi connectivity index (χ1) is 16.3. The Kier molecular flexibility index (Phi) is 10.3. The number of benzene rings is 2. The maximum absolute atomic E-state index is 12.1. The molecule has 0 spiro atoms. The molecule has 1 atom stereocenters. The van der Waals surface area contributed by atoms with Crippen LogP contribution in [0.4, 0.5) is 16.2 Å². The number of nitrogens with one attached hydrogen (secondary N) is 2. The number of carbonyl (C=O) groups is 3. The van der Waals surface area contributed by atoms with Crippen LogP contribution >= 0.6 is 0 Å². The fourth-order valence-corrected chi connectivity index (χ4v) is 3.07. The van der Waals surface area contributed by atoms with E-state index in [2.05, 4.69) is 15.4 Å². The van der Waals surface area contributed by atoms with Gasteiger partial charge in [0.25, 0.3) is 5.69 Å². The van der Waals surface area contributed by atoms with Gasteiger partial charge in [0.05, 0.1) is 24.7 Å².